The van der Waals surface area contributed by atoms with Crippen LogP contribution in [0.3, 0.4) is 0 Å². The third-order valence-corrected chi connectivity index (χ3v) is 5.36. The van der Waals surface area contributed by atoms with Gasteiger partial charge < -0.3 is 29.3 Å². The highest BCUT2D eigenvalue weighted by Gasteiger charge is 2.23. The van der Waals surface area contributed by atoms with Crippen molar-refractivity contribution in [1.29, 1.82) is 0 Å². The Labute approximate surface area is 176 Å². The van der Waals surface area contributed by atoms with Crippen molar-refractivity contribution in [1.82, 2.24) is 15.1 Å². The molecule has 164 valence electrons. The number of likely N-dealkylation sites (tertiary alicyclic amines) is 1. The van der Waals surface area contributed by atoms with Gasteiger partial charge in [0.05, 0.1) is 19.3 Å². The molecule has 1 atom stereocenters. The fourth-order valence-electron chi connectivity index (χ4n) is 3.66. The molecular weight excluding hydrogens is 368 g/mol. The first-order valence-electron chi connectivity index (χ1n) is 10.5. The zero-order valence-corrected chi connectivity index (χ0v) is 18.7. The van der Waals surface area contributed by atoms with Crippen LogP contribution in [0.5, 0.6) is 5.75 Å². The molecule has 1 aliphatic rings. The number of nitrogens with one attached hydrogen (secondary N) is 1. The van der Waals surface area contributed by atoms with Crippen molar-refractivity contribution in [2.24, 2.45) is 4.99 Å². The van der Waals surface area contributed by atoms with Gasteiger partial charge in [-0.3, -0.25) is 4.99 Å². The lowest BCUT2D eigenvalue weighted by atomic mass is 10.1. The normalized spacial score (nSPS) is 16.9. The van der Waals surface area contributed by atoms with Crippen LogP contribution in [0.2, 0.25) is 0 Å². The molecule has 1 unspecified atom stereocenters. The second kappa shape index (κ2) is 12.7. The average Bonchev–Trinajstić information content (AvgIpc) is 2.75. The van der Waals surface area contributed by atoms with Crippen LogP contribution in [0, 0.1) is 0 Å². The highest BCUT2D eigenvalue weighted by atomic mass is 16.5. The smallest absolute Gasteiger partial charge is 0.193 e. The number of hydrogen-bond acceptors (Lipinski definition) is 5. The van der Waals surface area contributed by atoms with Crippen molar-refractivity contribution < 1.29 is 14.2 Å². The number of benzene rings is 1. The van der Waals surface area contributed by atoms with Gasteiger partial charge in [-0.25, -0.2) is 0 Å². The second-order valence-corrected chi connectivity index (χ2v) is 7.59. The minimum Gasteiger partial charge on any atom is -0.497 e. The van der Waals surface area contributed by atoms with Crippen molar-refractivity contribution in [3.8, 4) is 5.75 Å². The van der Waals surface area contributed by atoms with Gasteiger partial charge in [-0.1, -0.05) is 12.1 Å². The predicted octanol–water partition coefficient (Wildman–Crippen LogP) is 2.39. The lowest BCUT2D eigenvalue weighted by Gasteiger charge is -2.35. The van der Waals surface area contributed by atoms with Gasteiger partial charge in [0.25, 0.3) is 0 Å². The van der Waals surface area contributed by atoms with Crippen molar-refractivity contribution in [3.05, 3.63) is 29.8 Å². The van der Waals surface area contributed by atoms with Gasteiger partial charge in [-0.15, -0.1) is 0 Å². The molecule has 1 aliphatic heterocycles. The Morgan fingerprint density at radius 2 is 2.00 bits per heavy atom. The summed E-state index contributed by atoms with van der Waals surface area (Å²) in [6.45, 7) is 4.23. The fraction of sp³-hybridized carbons (Fsp3) is 0.682. The van der Waals surface area contributed by atoms with Gasteiger partial charge in [0.15, 0.2) is 5.96 Å². The number of likely N-dealkylation sites (N-methyl/N-ethyl adjacent to an activating group) is 1. The highest BCUT2D eigenvalue weighted by molar-refractivity contribution is 5.80. The van der Waals surface area contributed by atoms with Crippen LogP contribution in [0.15, 0.2) is 29.3 Å². The van der Waals surface area contributed by atoms with Crippen LogP contribution in [0.1, 0.15) is 30.9 Å². The zero-order chi connectivity index (χ0) is 21.1. The Balaban J connectivity index is 1.86. The van der Waals surface area contributed by atoms with Gasteiger partial charge in [0.1, 0.15) is 5.75 Å². The monoisotopic (exact) mass is 406 g/mol. The summed E-state index contributed by atoms with van der Waals surface area (Å²) in [4.78, 5) is 9.06. The van der Waals surface area contributed by atoms with Gasteiger partial charge in [-0.05, 0) is 51.1 Å². The van der Waals surface area contributed by atoms with E-state index in [0.29, 0.717) is 6.10 Å². The highest BCUT2D eigenvalue weighted by Crippen LogP contribution is 2.22. The zero-order valence-electron chi connectivity index (χ0n) is 18.7. The SMILES string of the molecule is CN=C(NCC(c1cccc(OC)c1)N(C)C)N1CCC(OCCCOC)CC1. The molecule has 0 aromatic heterocycles. The molecule has 29 heavy (non-hydrogen) atoms. The average molecular weight is 407 g/mol. The van der Waals surface area contributed by atoms with Gasteiger partial charge in [-0.2, -0.15) is 0 Å². The van der Waals surface area contributed by atoms with Gasteiger partial charge in [0, 0.05) is 47.0 Å². The molecule has 2 rings (SSSR count). The molecule has 0 aliphatic carbocycles. The Hall–Kier alpha value is -1.83. The summed E-state index contributed by atoms with van der Waals surface area (Å²) in [5.41, 5.74) is 1.22. The standard InChI is InChI=1S/C22H38N4O3/c1-23-22(26-12-10-19(11-13-26)29-15-7-14-27-4)24-17-21(25(2)3)18-8-6-9-20(16-18)28-5/h6,8-9,16,19,21H,7,10-15,17H2,1-5H3,(H,23,24). The van der Waals surface area contributed by atoms with E-state index in [4.69, 9.17) is 14.2 Å². The Morgan fingerprint density at radius 1 is 1.24 bits per heavy atom. The summed E-state index contributed by atoms with van der Waals surface area (Å²) < 4.78 is 16.4. The number of methoxy groups -OCH3 is 2. The summed E-state index contributed by atoms with van der Waals surface area (Å²) in [6.07, 6.45) is 3.35. The molecule has 1 aromatic rings. The lowest BCUT2D eigenvalue weighted by molar-refractivity contribution is 0.00987. The molecule has 7 heteroatoms. The van der Waals surface area contributed by atoms with Crippen LogP contribution < -0.4 is 10.1 Å². The van der Waals surface area contributed by atoms with Crippen molar-refractivity contribution in [2.45, 2.75) is 31.4 Å². The summed E-state index contributed by atoms with van der Waals surface area (Å²) in [7, 11) is 9.48. The lowest BCUT2D eigenvalue weighted by Crippen LogP contribution is -2.48. The molecule has 1 aromatic carbocycles. The number of aliphatic imine (C=N–C) groups is 1. The topological polar surface area (TPSA) is 58.6 Å². The maximum Gasteiger partial charge on any atom is 0.193 e. The summed E-state index contributed by atoms with van der Waals surface area (Å²) >= 11 is 0. The maximum absolute atomic E-state index is 5.97. The van der Waals surface area contributed by atoms with E-state index >= 15 is 0 Å². The van der Waals surface area contributed by atoms with Crippen LogP contribution in [0.4, 0.5) is 0 Å². The number of rotatable bonds is 10. The van der Waals surface area contributed by atoms with E-state index in [-0.39, 0.29) is 6.04 Å². The molecule has 0 saturated carbocycles. The van der Waals surface area contributed by atoms with E-state index in [0.717, 1.165) is 63.8 Å². The summed E-state index contributed by atoms with van der Waals surface area (Å²) in [6, 6.07) is 8.48. The molecule has 1 fully saturated rings. The Bertz CT molecular complexity index is 616. The predicted molar refractivity (Wildman–Crippen MR) is 118 cm³/mol. The quantitative estimate of drug-likeness (QED) is 0.366. The van der Waals surface area contributed by atoms with Crippen molar-refractivity contribution >= 4 is 5.96 Å². The van der Waals surface area contributed by atoms with E-state index in [9.17, 15) is 0 Å². The van der Waals surface area contributed by atoms with Gasteiger partial charge in [0.2, 0.25) is 0 Å². The molecule has 0 bridgehead atoms. The minimum absolute atomic E-state index is 0.225. The first-order chi connectivity index (χ1) is 14.1. The van der Waals surface area contributed by atoms with E-state index in [1.165, 1.54) is 5.56 Å². The number of ether oxygens (including phenoxy) is 3. The second-order valence-electron chi connectivity index (χ2n) is 7.59. The van der Waals surface area contributed by atoms with Crippen LogP contribution in [-0.4, -0.2) is 90.1 Å². The summed E-state index contributed by atoms with van der Waals surface area (Å²) in [5.74, 6) is 1.84. The Kier molecular flexibility index (Phi) is 10.2. The van der Waals surface area contributed by atoms with Crippen molar-refractivity contribution in [2.75, 3.05) is 68.2 Å². The molecule has 1 heterocycles. The first kappa shape index (κ1) is 23.4. The summed E-state index contributed by atoms with van der Waals surface area (Å²) in [5, 5.41) is 3.57. The number of hydrogen-bond donors (Lipinski definition) is 1. The van der Waals surface area contributed by atoms with E-state index in [1.807, 2.05) is 19.2 Å². The molecule has 0 spiro atoms. The van der Waals surface area contributed by atoms with E-state index < -0.39 is 0 Å². The molecule has 1 saturated heterocycles. The van der Waals surface area contributed by atoms with E-state index in [1.54, 1.807) is 14.2 Å². The van der Waals surface area contributed by atoms with Crippen molar-refractivity contribution in [3.63, 3.8) is 0 Å². The Morgan fingerprint density at radius 3 is 2.62 bits per heavy atom. The number of nitrogens with zero attached hydrogens (tertiary/aromatic N) is 3. The molecule has 1 N–H and O–H groups in total. The van der Waals surface area contributed by atoms with Crippen LogP contribution in [-0.2, 0) is 9.47 Å². The number of guanidine groups is 1. The fourth-order valence-corrected chi connectivity index (χ4v) is 3.66. The maximum atomic E-state index is 5.97. The third-order valence-electron chi connectivity index (χ3n) is 5.36. The molecule has 7 nitrogen and oxygen atoms in total. The minimum atomic E-state index is 0.225. The molecule has 0 radical (unpaired) electrons. The third kappa shape index (κ3) is 7.49. The van der Waals surface area contributed by atoms with Crippen LogP contribution >= 0.6 is 0 Å². The molecular formula is C22H38N4O3. The van der Waals surface area contributed by atoms with Gasteiger partial charge >= 0.3 is 0 Å². The largest absolute Gasteiger partial charge is 0.497 e. The first-order valence-corrected chi connectivity index (χ1v) is 10.5. The number of piperidine rings is 1. The molecule has 0 amide bonds. The van der Waals surface area contributed by atoms with E-state index in [2.05, 4.69) is 46.3 Å². The van der Waals surface area contributed by atoms with Crippen LogP contribution in [0.25, 0.3) is 0 Å².